The fourth-order valence-corrected chi connectivity index (χ4v) is 2.56. The lowest BCUT2D eigenvalue weighted by molar-refractivity contribution is -0.164. The maximum atomic E-state index is 12.7. The SMILES string of the molecule is CCOC(=O)n1nc(OC(C(=O)OC(C)(C)C)c2cnc[nH]2)c2ccccc21. The van der Waals surface area contributed by atoms with E-state index in [1.54, 1.807) is 52.0 Å². The Bertz CT molecular complexity index is 972. The van der Waals surface area contributed by atoms with E-state index in [-0.39, 0.29) is 12.5 Å². The van der Waals surface area contributed by atoms with Crippen molar-refractivity contribution in [2.24, 2.45) is 0 Å². The molecular formula is C19H22N4O5. The van der Waals surface area contributed by atoms with Gasteiger partial charge in [-0.1, -0.05) is 12.1 Å². The van der Waals surface area contributed by atoms with E-state index in [9.17, 15) is 9.59 Å². The molecular weight excluding hydrogens is 364 g/mol. The molecule has 0 saturated carbocycles. The molecule has 0 amide bonds. The fraction of sp³-hybridized carbons (Fsp3) is 0.368. The summed E-state index contributed by atoms with van der Waals surface area (Å²) in [4.78, 5) is 31.7. The first kappa shape index (κ1) is 19.4. The highest BCUT2D eigenvalue weighted by Crippen LogP contribution is 2.30. The molecule has 9 heteroatoms. The minimum Gasteiger partial charge on any atom is -0.457 e. The molecule has 1 unspecified atom stereocenters. The van der Waals surface area contributed by atoms with Gasteiger partial charge in [0.2, 0.25) is 12.0 Å². The quantitative estimate of drug-likeness (QED) is 0.671. The number of imidazole rings is 1. The number of carbonyl (C=O) groups excluding carboxylic acids is 2. The molecule has 3 rings (SSSR count). The van der Waals surface area contributed by atoms with Crippen LogP contribution in [0.5, 0.6) is 5.88 Å². The van der Waals surface area contributed by atoms with E-state index in [4.69, 9.17) is 14.2 Å². The van der Waals surface area contributed by atoms with Crippen molar-refractivity contribution in [3.05, 3.63) is 42.5 Å². The van der Waals surface area contributed by atoms with Crippen molar-refractivity contribution >= 4 is 23.0 Å². The molecule has 0 bridgehead atoms. The van der Waals surface area contributed by atoms with Gasteiger partial charge in [-0.3, -0.25) is 0 Å². The van der Waals surface area contributed by atoms with Gasteiger partial charge in [-0.05, 0) is 39.8 Å². The number of ether oxygens (including phenoxy) is 3. The molecule has 0 radical (unpaired) electrons. The third kappa shape index (κ3) is 4.13. The summed E-state index contributed by atoms with van der Waals surface area (Å²) in [5.74, 6) is -0.499. The van der Waals surface area contributed by atoms with E-state index in [2.05, 4.69) is 15.1 Å². The molecule has 2 heterocycles. The maximum Gasteiger partial charge on any atom is 0.435 e. The third-order valence-electron chi connectivity index (χ3n) is 3.65. The van der Waals surface area contributed by atoms with Gasteiger partial charge in [0.15, 0.2) is 0 Å². The maximum absolute atomic E-state index is 12.7. The Morgan fingerprint density at radius 2 is 2.00 bits per heavy atom. The van der Waals surface area contributed by atoms with Gasteiger partial charge in [0.05, 0.1) is 35.7 Å². The summed E-state index contributed by atoms with van der Waals surface area (Å²) in [5, 5.41) is 4.77. The normalized spacial score (nSPS) is 12.6. The molecule has 0 aliphatic rings. The van der Waals surface area contributed by atoms with Crippen LogP contribution in [-0.2, 0) is 14.3 Å². The fourth-order valence-electron chi connectivity index (χ4n) is 2.56. The average molecular weight is 386 g/mol. The summed E-state index contributed by atoms with van der Waals surface area (Å²) in [5.41, 5.74) is 0.206. The number of rotatable bonds is 5. The van der Waals surface area contributed by atoms with Gasteiger partial charge in [0, 0.05) is 0 Å². The van der Waals surface area contributed by atoms with E-state index in [1.807, 2.05) is 0 Å². The van der Waals surface area contributed by atoms with Crippen LogP contribution in [0.25, 0.3) is 10.9 Å². The van der Waals surface area contributed by atoms with E-state index < -0.39 is 23.8 Å². The Balaban J connectivity index is 2.00. The molecule has 148 valence electrons. The predicted octanol–water partition coefficient (Wildman–Crippen LogP) is 3.23. The number of hydrogen-bond acceptors (Lipinski definition) is 7. The molecule has 0 aliphatic heterocycles. The summed E-state index contributed by atoms with van der Waals surface area (Å²) in [6, 6.07) is 7.01. The summed E-state index contributed by atoms with van der Waals surface area (Å²) >= 11 is 0. The van der Waals surface area contributed by atoms with E-state index in [0.29, 0.717) is 16.6 Å². The van der Waals surface area contributed by atoms with Crippen molar-refractivity contribution in [1.82, 2.24) is 19.7 Å². The van der Waals surface area contributed by atoms with Crippen LogP contribution >= 0.6 is 0 Å². The standard InChI is InChI=1S/C19H22N4O5/c1-5-26-18(25)23-14-9-7-6-8-12(14)16(22-23)27-15(13-10-20-11-21-13)17(24)28-19(2,3)4/h6-11,15H,5H2,1-4H3,(H,20,21). The van der Waals surface area contributed by atoms with Crippen LogP contribution in [0.1, 0.15) is 39.5 Å². The van der Waals surface area contributed by atoms with Crippen molar-refractivity contribution in [2.75, 3.05) is 6.61 Å². The van der Waals surface area contributed by atoms with E-state index in [1.165, 1.54) is 12.5 Å². The zero-order valence-electron chi connectivity index (χ0n) is 16.1. The van der Waals surface area contributed by atoms with Crippen LogP contribution in [0.4, 0.5) is 4.79 Å². The van der Waals surface area contributed by atoms with Gasteiger partial charge >= 0.3 is 12.1 Å². The second-order valence-corrected chi connectivity index (χ2v) is 6.97. The van der Waals surface area contributed by atoms with Crippen molar-refractivity contribution in [3.63, 3.8) is 0 Å². The largest absolute Gasteiger partial charge is 0.457 e. The summed E-state index contributed by atoms with van der Waals surface area (Å²) in [6.07, 6.45) is 1.14. The first-order valence-electron chi connectivity index (χ1n) is 8.83. The number of benzene rings is 1. The number of aromatic amines is 1. The van der Waals surface area contributed by atoms with Crippen LogP contribution in [0.15, 0.2) is 36.8 Å². The van der Waals surface area contributed by atoms with Crippen LogP contribution in [-0.4, -0.2) is 44.0 Å². The Hall–Kier alpha value is -3.36. The number of nitrogens with one attached hydrogen (secondary N) is 1. The van der Waals surface area contributed by atoms with Crippen LogP contribution < -0.4 is 4.74 Å². The lowest BCUT2D eigenvalue weighted by atomic mass is 10.2. The van der Waals surface area contributed by atoms with E-state index in [0.717, 1.165) is 4.68 Å². The number of carbonyl (C=O) groups is 2. The predicted molar refractivity (Wildman–Crippen MR) is 100.0 cm³/mol. The molecule has 0 aliphatic carbocycles. The Kier molecular flexibility index (Phi) is 5.34. The molecule has 1 N–H and O–H groups in total. The number of para-hydroxylation sites is 1. The average Bonchev–Trinajstić information content (AvgIpc) is 3.26. The molecule has 2 aromatic heterocycles. The molecule has 1 atom stereocenters. The minimum atomic E-state index is -1.13. The number of hydrogen-bond donors (Lipinski definition) is 1. The van der Waals surface area contributed by atoms with Crippen LogP contribution in [0.2, 0.25) is 0 Å². The Morgan fingerprint density at radius 3 is 2.64 bits per heavy atom. The van der Waals surface area contributed by atoms with Crippen LogP contribution in [0, 0.1) is 0 Å². The number of H-pyrrole nitrogens is 1. The Morgan fingerprint density at radius 1 is 1.25 bits per heavy atom. The first-order valence-corrected chi connectivity index (χ1v) is 8.83. The second kappa shape index (κ2) is 7.71. The first-order chi connectivity index (χ1) is 13.3. The number of nitrogens with zero attached hydrogens (tertiary/aromatic N) is 3. The minimum absolute atomic E-state index is 0.106. The molecule has 9 nitrogen and oxygen atoms in total. The highest BCUT2D eigenvalue weighted by atomic mass is 16.6. The summed E-state index contributed by atoms with van der Waals surface area (Å²) < 4.78 is 17.5. The highest BCUT2D eigenvalue weighted by molar-refractivity contribution is 5.91. The molecule has 28 heavy (non-hydrogen) atoms. The van der Waals surface area contributed by atoms with Gasteiger partial charge in [-0.2, -0.15) is 4.68 Å². The van der Waals surface area contributed by atoms with Gasteiger partial charge < -0.3 is 19.2 Å². The van der Waals surface area contributed by atoms with Gasteiger partial charge in [-0.15, -0.1) is 5.10 Å². The number of fused-ring (bicyclic) bond motifs is 1. The lowest BCUT2D eigenvalue weighted by Gasteiger charge is -2.23. The smallest absolute Gasteiger partial charge is 0.435 e. The topological polar surface area (TPSA) is 108 Å². The number of esters is 1. The van der Waals surface area contributed by atoms with Crippen molar-refractivity contribution in [3.8, 4) is 5.88 Å². The van der Waals surface area contributed by atoms with Gasteiger partial charge in [-0.25, -0.2) is 14.6 Å². The molecule has 0 spiro atoms. The highest BCUT2D eigenvalue weighted by Gasteiger charge is 2.31. The zero-order valence-corrected chi connectivity index (χ0v) is 16.1. The monoisotopic (exact) mass is 386 g/mol. The summed E-state index contributed by atoms with van der Waals surface area (Å²) in [7, 11) is 0. The molecule has 0 fully saturated rings. The summed E-state index contributed by atoms with van der Waals surface area (Å²) in [6.45, 7) is 7.20. The van der Waals surface area contributed by atoms with Gasteiger partial charge in [0.1, 0.15) is 5.60 Å². The Labute approximate surface area is 161 Å². The van der Waals surface area contributed by atoms with Crippen molar-refractivity contribution < 1.29 is 23.8 Å². The van der Waals surface area contributed by atoms with Crippen molar-refractivity contribution in [1.29, 1.82) is 0 Å². The number of aromatic nitrogens is 4. The molecule has 0 saturated heterocycles. The van der Waals surface area contributed by atoms with Gasteiger partial charge in [0.25, 0.3) is 0 Å². The molecule has 3 aromatic rings. The molecule has 1 aromatic carbocycles. The van der Waals surface area contributed by atoms with Crippen molar-refractivity contribution in [2.45, 2.75) is 39.4 Å². The second-order valence-electron chi connectivity index (χ2n) is 6.97. The van der Waals surface area contributed by atoms with Crippen LogP contribution in [0.3, 0.4) is 0 Å². The zero-order chi connectivity index (χ0) is 20.3. The van der Waals surface area contributed by atoms with E-state index >= 15 is 0 Å². The third-order valence-corrected chi connectivity index (χ3v) is 3.65. The lowest BCUT2D eigenvalue weighted by Crippen LogP contribution is -2.30.